The maximum atomic E-state index is 9.94. The SMILES string of the molecule is O=C(Cl)Cl.O=[N+]([O-])c1ccccn1. The second kappa shape index (κ2) is 6.33. The zero-order valence-electron chi connectivity index (χ0n) is 6.18. The van der Waals surface area contributed by atoms with Crippen molar-refractivity contribution in [3.8, 4) is 0 Å². The first-order valence-corrected chi connectivity index (χ1v) is 3.70. The van der Waals surface area contributed by atoms with E-state index < -0.39 is 9.62 Å². The Morgan fingerprint density at radius 3 is 2.23 bits per heavy atom. The third kappa shape index (κ3) is 7.17. The van der Waals surface area contributed by atoms with Gasteiger partial charge in [-0.1, -0.05) is 6.07 Å². The number of pyridine rings is 1. The summed E-state index contributed by atoms with van der Waals surface area (Å²) in [6.07, 6.45) is 1.39. The van der Waals surface area contributed by atoms with E-state index in [4.69, 9.17) is 4.79 Å². The maximum Gasteiger partial charge on any atom is 0.363 e. The van der Waals surface area contributed by atoms with Gasteiger partial charge in [-0.15, -0.1) is 0 Å². The number of carbonyl (C=O) groups is 1. The fraction of sp³-hybridized carbons (Fsp3) is 0. The smallest absolute Gasteiger partial charge is 0.358 e. The molecular formula is C6H4Cl2N2O3. The largest absolute Gasteiger partial charge is 0.363 e. The Balaban J connectivity index is 0.000000310. The Kier molecular flexibility index (Phi) is 5.75. The number of nitro groups is 1. The lowest BCUT2D eigenvalue weighted by Gasteiger charge is -1.86. The van der Waals surface area contributed by atoms with Gasteiger partial charge < -0.3 is 10.1 Å². The number of hydrogen-bond acceptors (Lipinski definition) is 4. The number of aromatic nitrogens is 1. The average Bonchev–Trinajstić information content (AvgIpc) is 2.05. The van der Waals surface area contributed by atoms with Crippen molar-refractivity contribution in [3.05, 3.63) is 34.5 Å². The van der Waals surface area contributed by atoms with Crippen molar-refractivity contribution in [1.29, 1.82) is 0 Å². The predicted octanol–water partition coefficient (Wildman–Crippen LogP) is 2.57. The lowest BCUT2D eigenvalue weighted by atomic mass is 10.5. The highest BCUT2D eigenvalue weighted by molar-refractivity contribution is 6.93. The summed E-state index contributed by atoms with van der Waals surface area (Å²) in [7, 11) is 0. The van der Waals surface area contributed by atoms with Crippen LogP contribution in [0.25, 0.3) is 0 Å². The Hall–Kier alpha value is -1.20. The third-order valence-electron chi connectivity index (χ3n) is 0.836. The fourth-order valence-electron chi connectivity index (χ4n) is 0.462. The highest BCUT2D eigenvalue weighted by Gasteiger charge is 2.00. The van der Waals surface area contributed by atoms with Crippen LogP contribution in [0.3, 0.4) is 0 Å². The van der Waals surface area contributed by atoms with Crippen LogP contribution in [0.5, 0.6) is 0 Å². The summed E-state index contributed by atoms with van der Waals surface area (Å²) in [5, 5.41) is 9.94. The Morgan fingerprint density at radius 2 is 2.00 bits per heavy atom. The minimum Gasteiger partial charge on any atom is -0.358 e. The van der Waals surface area contributed by atoms with Gasteiger partial charge in [-0.2, -0.15) is 0 Å². The molecule has 1 aromatic heterocycles. The molecule has 13 heavy (non-hydrogen) atoms. The molecule has 0 radical (unpaired) electrons. The van der Waals surface area contributed by atoms with E-state index in [1.807, 2.05) is 0 Å². The van der Waals surface area contributed by atoms with E-state index in [1.54, 1.807) is 12.1 Å². The normalized spacial score (nSPS) is 8.15. The number of halogens is 2. The lowest BCUT2D eigenvalue weighted by molar-refractivity contribution is -0.389. The van der Waals surface area contributed by atoms with E-state index in [9.17, 15) is 10.1 Å². The minimum absolute atomic E-state index is 0.113. The molecule has 70 valence electrons. The van der Waals surface area contributed by atoms with Crippen molar-refractivity contribution >= 4 is 33.7 Å². The molecular weight excluding hydrogens is 219 g/mol. The summed E-state index contributed by atoms with van der Waals surface area (Å²) >= 11 is 8.80. The van der Waals surface area contributed by atoms with E-state index in [0.717, 1.165) is 0 Å². The molecule has 0 bridgehead atoms. The number of rotatable bonds is 1. The first kappa shape index (κ1) is 11.8. The van der Waals surface area contributed by atoms with Gasteiger partial charge in [0.1, 0.15) is 6.20 Å². The van der Waals surface area contributed by atoms with Crippen molar-refractivity contribution in [2.24, 2.45) is 0 Å². The Morgan fingerprint density at radius 1 is 1.46 bits per heavy atom. The quantitative estimate of drug-likeness (QED) is 0.416. The van der Waals surface area contributed by atoms with Crippen LogP contribution in [0.1, 0.15) is 0 Å². The van der Waals surface area contributed by atoms with Crippen LogP contribution in [0.4, 0.5) is 10.6 Å². The van der Waals surface area contributed by atoms with Crippen LogP contribution >= 0.6 is 23.2 Å². The van der Waals surface area contributed by atoms with Gasteiger partial charge in [0.2, 0.25) is 0 Å². The molecule has 0 saturated heterocycles. The summed E-state index contributed by atoms with van der Waals surface area (Å²) in [5.41, 5.74) is 0. The molecule has 0 amide bonds. The zero-order valence-corrected chi connectivity index (χ0v) is 7.70. The molecule has 0 aromatic carbocycles. The topological polar surface area (TPSA) is 73.1 Å². The van der Waals surface area contributed by atoms with Crippen molar-refractivity contribution in [2.75, 3.05) is 0 Å². The van der Waals surface area contributed by atoms with Gasteiger partial charge in [0.25, 0.3) is 0 Å². The van der Waals surface area contributed by atoms with Gasteiger partial charge in [-0.25, -0.2) is 0 Å². The third-order valence-corrected chi connectivity index (χ3v) is 0.836. The molecule has 1 rings (SSSR count). The van der Waals surface area contributed by atoms with Gasteiger partial charge in [0, 0.05) is 6.07 Å². The van der Waals surface area contributed by atoms with E-state index in [-0.39, 0.29) is 5.82 Å². The molecule has 0 aliphatic rings. The van der Waals surface area contributed by atoms with E-state index in [0.29, 0.717) is 0 Å². The molecule has 0 N–H and O–H groups in total. The van der Waals surface area contributed by atoms with Crippen LogP contribution in [0, 0.1) is 10.1 Å². The standard InChI is InChI=1S/C5H4N2O2.CCl2O/c8-7(9)5-3-1-2-4-6-5;2-1(3)4/h1-4H;. The molecule has 1 heterocycles. The van der Waals surface area contributed by atoms with Crippen molar-refractivity contribution in [1.82, 2.24) is 4.98 Å². The van der Waals surface area contributed by atoms with Gasteiger partial charge >= 0.3 is 10.5 Å². The average molecular weight is 223 g/mol. The molecule has 0 unspecified atom stereocenters. The van der Waals surface area contributed by atoms with Crippen molar-refractivity contribution in [2.45, 2.75) is 0 Å². The highest BCUT2D eigenvalue weighted by Crippen LogP contribution is 2.01. The summed E-state index contributed by atoms with van der Waals surface area (Å²) in [5.74, 6) is -0.113. The molecule has 7 heteroatoms. The Bertz CT molecular complexity index is 287. The van der Waals surface area contributed by atoms with Crippen LogP contribution in [0.2, 0.25) is 0 Å². The molecule has 0 spiro atoms. The van der Waals surface area contributed by atoms with Crippen molar-refractivity contribution in [3.63, 3.8) is 0 Å². The van der Waals surface area contributed by atoms with Crippen LogP contribution in [-0.2, 0) is 0 Å². The fourth-order valence-corrected chi connectivity index (χ4v) is 0.462. The number of hydrogen-bond donors (Lipinski definition) is 0. The summed E-state index contributed by atoms with van der Waals surface area (Å²) in [6, 6.07) is 4.55. The molecule has 0 aliphatic carbocycles. The maximum absolute atomic E-state index is 9.94. The van der Waals surface area contributed by atoms with Crippen LogP contribution in [0.15, 0.2) is 24.4 Å². The van der Waals surface area contributed by atoms with Gasteiger partial charge in [-0.3, -0.25) is 4.79 Å². The second-order valence-corrected chi connectivity index (χ2v) is 2.55. The first-order valence-electron chi connectivity index (χ1n) is 2.94. The molecule has 0 aliphatic heterocycles. The molecule has 1 aromatic rings. The summed E-state index contributed by atoms with van der Waals surface area (Å²) in [4.78, 5) is 21.9. The Labute approximate surface area is 83.4 Å². The number of nitrogens with zero attached hydrogens (tertiary/aromatic N) is 2. The summed E-state index contributed by atoms with van der Waals surface area (Å²) in [6.45, 7) is 0. The summed E-state index contributed by atoms with van der Waals surface area (Å²) < 4.78 is -0.889. The highest BCUT2D eigenvalue weighted by atomic mass is 35.5. The van der Waals surface area contributed by atoms with Gasteiger partial charge in [0.15, 0.2) is 0 Å². The van der Waals surface area contributed by atoms with E-state index in [1.165, 1.54) is 12.3 Å². The lowest BCUT2D eigenvalue weighted by Crippen LogP contribution is -1.88. The van der Waals surface area contributed by atoms with Crippen LogP contribution in [-0.4, -0.2) is 14.6 Å². The zero-order chi connectivity index (χ0) is 10.3. The molecule has 0 fully saturated rings. The van der Waals surface area contributed by atoms with Gasteiger partial charge in [0.05, 0.1) is 0 Å². The predicted molar refractivity (Wildman–Crippen MR) is 48.0 cm³/mol. The monoisotopic (exact) mass is 222 g/mol. The number of carbonyl (C=O) groups excluding carboxylic acids is 1. The minimum atomic E-state index is -0.889. The molecule has 5 nitrogen and oxygen atoms in total. The van der Waals surface area contributed by atoms with E-state index >= 15 is 0 Å². The molecule has 0 atom stereocenters. The molecule has 0 saturated carbocycles. The first-order chi connectivity index (χ1) is 6.04. The van der Waals surface area contributed by atoms with Gasteiger partial charge in [-0.05, 0) is 39.2 Å². The van der Waals surface area contributed by atoms with Crippen LogP contribution < -0.4 is 0 Å². The second-order valence-electron chi connectivity index (χ2n) is 1.67. The van der Waals surface area contributed by atoms with E-state index in [2.05, 4.69) is 28.2 Å². The van der Waals surface area contributed by atoms with Crippen molar-refractivity contribution < 1.29 is 9.72 Å².